The fraction of sp³-hybridized carbons (Fsp3) is 0.333. The van der Waals surface area contributed by atoms with Crippen LogP contribution in [0.4, 0.5) is 0 Å². The van der Waals surface area contributed by atoms with Crippen LogP contribution in [0.1, 0.15) is 18.2 Å². The van der Waals surface area contributed by atoms with Gasteiger partial charge < -0.3 is 5.32 Å². The summed E-state index contributed by atoms with van der Waals surface area (Å²) in [4.78, 5) is 1.05. The summed E-state index contributed by atoms with van der Waals surface area (Å²) in [7, 11) is -3.68. The normalized spacial score (nSPS) is 12.1. The maximum atomic E-state index is 11.7. The fourth-order valence-electron chi connectivity index (χ4n) is 1.88. The van der Waals surface area contributed by atoms with Gasteiger partial charge in [0.05, 0.1) is 0 Å². The molecule has 2 aromatic rings. The lowest BCUT2D eigenvalue weighted by molar-refractivity contribution is 0.596. The van der Waals surface area contributed by atoms with Crippen LogP contribution in [0.2, 0.25) is 0 Å². The number of hydrogen-bond acceptors (Lipinski definition) is 4. The Balaban J connectivity index is 2.51. The standard InChI is InChI=1S/C12H16N2O2S2/c1-2-7-14-8-11-12(18(13,15)16)9-5-3-4-6-10(9)17-11/h3-6,14H,2,7-8H2,1H3,(H2,13,15,16). The highest BCUT2D eigenvalue weighted by molar-refractivity contribution is 7.89. The zero-order chi connectivity index (χ0) is 13.2. The topological polar surface area (TPSA) is 72.2 Å². The minimum absolute atomic E-state index is 0.270. The molecule has 0 amide bonds. The second kappa shape index (κ2) is 5.36. The van der Waals surface area contributed by atoms with E-state index in [1.165, 1.54) is 11.3 Å². The molecule has 98 valence electrons. The maximum absolute atomic E-state index is 11.7. The van der Waals surface area contributed by atoms with Gasteiger partial charge >= 0.3 is 0 Å². The van der Waals surface area contributed by atoms with Gasteiger partial charge in [-0.05, 0) is 19.0 Å². The van der Waals surface area contributed by atoms with E-state index in [0.29, 0.717) is 6.54 Å². The number of hydrogen-bond donors (Lipinski definition) is 2. The van der Waals surface area contributed by atoms with Crippen molar-refractivity contribution in [3.63, 3.8) is 0 Å². The molecule has 3 N–H and O–H groups in total. The molecule has 0 aliphatic heterocycles. The van der Waals surface area contributed by atoms with Crippen molar-refractivity contribution in [2.75, 3.05) is 6.54 Å². The minimum Gasteiger partial charge on any atom is -0.312 e. The Kier molecular flexibility index (Phi) is 4.01. The first kappa shape index (κ1) is 13.5. The van der Waals surface area contributed by atoms with Crippen LogP contribution < -0.4 is 10.5 Å². The lowest BCUT2D eigenvalue weighted by Gasteiger charge is -2.03. The molecule has 4 nitrogen and oxygen atoms in total. The average molecular weight is 284 g/mol. The van der Waals surface area contributed by atoms with E-state index in [2.05, 4.69) is 12.2 Å². The van der Waals surface area contributed by atoms with E-state index in [-0.39, 0.29) is 4.90 Å². The number of sulfonamides is 1. The molecule has 18 heavy (non-hydrogen) atoms. The number of thiophene rings is 1. The van der Waals surface area contributed by atoms with Crippen LogP contribution in [-0.4, -0.2) is 15.0 Å². The van der Waals surface area contributed by atoms with Crippen molar-refractivity contribution in [1.29, 1.82) is 0 Å². The van der Waals surface area contributed by atoms with Gasteiger partial charge in [0, 0.05) is 21.5 Å². The molecule has 1 aromatic heterocycles. The summed E-state index contributed by atoms with van der Waals surface area (Å²) in [6, 6.07) is 7.44. The van der Waals surface area contributed by atoms with Crippen LogP contribution in [0.5, 0.6) is 0 Å². The van der Waals surface area contributed by atoms with E-state index in [4.69, 9.17) is 5.14 Å². The van der Waals surface area contributed by atoms with Crippen molar-refractivity contribution in [2.24, 2.45) is 5.14 Å². The molecule has 2 rings (SSSR count). The predicted molar refractivity (Wildman–Crippen MR) is 75.2 cm³/mol. The Bertz CT molecular complexity index is 647. The van der Waals surface area contributed by atoms with Crippen LogP contribution in [0.25, 0.3) is 10.1 Å². The molecule has 0 bridgehead atoms. The lowest BCUT2D eigenvalue weighted by atomic mass is 10.2. The molecule has 0 atom stereocenters. The minimum atomic E-state index is -3.68. The van der Waals surface area contributed by atoms with E-state index >= 15 is 0 Å². The first-order chi connectivity index (χ1) is 8.54. The second-order valence-electron chi connectivity index (χ2n) is 4.07. The maximum Gasteiger partial charge on any atom is 0.239 e. The van der Waals surface area contributed by atoms with Crippen molar-refractivity contribution in [2.45, 2.75) is 24.8 Å². The number of primary sulfonamides is 1. The second-order valence-corrected chi connectivity index (χ2v) is 6.71. The largest absolute Gasteiger partial charge is 0.312 e. The van der Waals surface area contributed by atoms with Gasteiger partial charge in [-0.25, -0.2) is 13.6 Å². The summed E-state index contributed by atoms with van der Waals surface area (Å²) >= 11 is 1.48. The number of fused-ring (bicyclic) bond motifs is 1. The first-order valence-electron chi connectivity index (χ1n) is 5.78. The summed E-state index contributed by atoms with van der Waals surface area (Å²) in [5.74, 6) is 0. The van der Waals surface area contributed by atoms with E-state index in [1.54, 1.807) is 6.07 Å². The highest BCUT2D eigenvalue weighted by Gasteiger charge is 2.20. The van der Waals surface area contributed by atoms with Crippen LogP contribution in [0.15, 0.2) is 29.2 Å². The molecular formula is C12H16N2O2S2. The zero-order valence-electron chi connectivity index (χ0n) is 10.1. The van der Waals surface area contributed by atoms with Gasteiger partial charge in [-0.1, -0.05) is 25.1 Å². The number of nitrogens with one attached hydrogen (secondary N) is 1. The number of rotatable bonds is 5. The summed E-state index contributed by atoms with van der Waals surface area (Å²) in [5.41, 5.74) is 0. The first-order valence-corrected chi connectivity index (χ1v) is 8.14. The molecule has 0 aliphatic carbocycles. The van der Waals surface area contributed by atoms with E-state index < -0.39 is 10.0 Å². The van der Waals surface area contributed by atoms with E-state index in [0.717, 1.165) is 27.9 Å². The van der Waals surface area contributed by atoms with Crippen LogP contribution >= 0.6 is 11.3 Å². The molecule has 0 spiro atoms. The van der Waals surface area contributed by atoms with Crippen LogP contribution in [0, 0.1) is 0 Å². The van der Waals surface area contributed by atoms with Gasteiger partial charge in [-0.2, -0.15) is 0 Å². The van der Waals surface area contributed by atoms with Gasteiger partial charge in [0.25, 0.3) is 0 Å². The fourth-order valence-corrected chi connectivity index (χ4v) is 4.36. The molecule has 0 radical (unpaired) electrons. The Morgan fingerprint density at radius 1 is 1.33 bits per heavy atom. The van der Waals surface area contributed by atoms with Crippen molar-refractivity contribution in [1.82, 2.24) is 5.32 Å². The molecule has 0 saturated heterocycles. The molecule has 0 unspecified atom stereocenters. The van der Waals surface area contributed by atoms with Crippen molar-refractivity contribution in [3.05, 3.63) is 29.1 Å². The monoisotopic (exact) mass is 284 g/mol. The van der Waals surface area contributed by atoms with Crippen LogP contribution in [-0.2, 0) is 16.6 Å². The van der Waals surface area contributed by atoms with Gasteiger partial charge in [-0.15, -0.1) is 11.3 Å². The molecular weight excluding hydrogens is 268 g/mol. The highest BCUT2D eigenvalue weighted by atomic mass is 32.2. The molecule has 1 heterocycles. The number of nitrogens with two attached hydrogens (primary N) is 1. The summed E-state index contributed by atoms with van der Waals surface area (Å²) in [5, 5.41) is 9.26. The van der Waals surface area contributed by atoms with Crippen LogP contribution in [0.3, 0.4) is 0 Å². The van der Waals surface area contributed by atoms with Gasteiger partial charge in [0.1, 0.15) is 4.90 Å². The Morgan fingerprint density at radius 2 is 2.06 bits per heavy atom. The van der Waals surface area contributed by atoms with Gasteiger partial charge in [0.15, 0.2) is 0 Å². The molecule has 0 saturated carbocycles. The summed E-state index contributed by atoms with van der Waals surface area (Å²) in [6.07, 6.45) is 1.01. The Labute approximate surface area is 111 Å². The average Bonchev–Trinajstić information content (AvgIpc) is 2.67. The molecule has 0 fully saturated rings. The zero-order valence-corrected chi connectivity index (χ0v) is 11.8. The number of benzene rings is 1. The molecule has 0 aliphatic rings. The third-order valence-corrected chi connectivity index (χ3v) is 4.95. The third kappa shape index (κ3) is 2.72. The smallest absolute Gasteiger partial charge is 0.239 e. The third-order valence-electron chi connectivity index (χ3n) is 2.61. The Hall–Kier alpha value is -0.950. The molecule has 6 heteroatoms. The lowest BCUT2D eigenvalue weighted by Crippen LogP contribution is -2.18. The van der Waals surface area contributed by atoms with Crippen molar-refractivity contribution >= 4 is 31.4 Å². The SMILES string of the molecule is CCCNCc1sc2ccccc2c1S(N)(=O)=O. The summed E-state index contributed by atoms with van der Waals surface area (Å²) < 4.78 is 24.4. The van der Waals surface area contributed by atoms with Gasteiger partial charge in [0.2, 0.25) is 10.0 Å². The molecule has 1 aromatic carbocycles. The van der Waals surface area contributed by atoms with Gasteiger partial charge in [-0.3, -0.25) is 0 Å². The highest BCUT2D eigenvalue weighted by Crippen LogP contribution is 2.33. The quantitative estimate of drug-likeness (QED) is 0.825. The summed E-state index contributed by atoms with van der Waals surface area (Å²) in [6.45, 7) is 3.47. The Morgan fingerprint density at radius 3 is 2.72 bits per heavy atom. The van der Waals surface area contributed by atoms with E-state index in [1.807, 2.05) is 18.2 Å². The van der Waals surface area contributed by atoms with Crippen molar-refractivity contribution < 1.29 is 8.42 Å². The predicted octanol–water partition coefficient (Wildman–Crippen LogP) is 2.05. The van der Waals surface area contributed by atoms with Crippen molar-refractivity contribution in [3.8, 4) is 0 Å². The van der Waals surface area contributed by atoms with E-state index in [9.17, 15) is 8.42 Å².